The number of rotatable bonds is 6. The minimum absolute atomic E-state index is 0.0617. The fourth-order valence-corrected chi connectivity index (χ4v) is 2.22. The summed E-state index contributed by atoms with van der Waals surface area (Å²) in [6.45, 7) is -0.136. The normalized spacial score (nSPS) is 10.4. The summed E-state index contributed by atoms with van der Waals surface area (Å²) in [6.07, 6.45) is 0. The molecule has 0 radical (unpaired) electrons. The largest absolute Gasteiger partial charge is 0.479 e. The molecular weight excluding hydrogens is 362 g/mol. The molecular formula is C18H12F2N2O5. The lowest BCUT2D eigenvalue weighted by Gasteiger charge is -2.05. The average molecular weight is 374 g/mol. The summed E-state index contributed by atoms with van der Waals surface area (Å²) in [5.41, 5.74) is -0.131. The maximum Gasteiger partial charge on any atom is 0.310 e. The number of halogens is 2. The lowest BCUT2D eigenvalue weighted by atomic mass is 10.3. The number of carbonyl (C=O) groups excluding carboxylic acids is 1. The highest BCUT2D eigenvalue weighted by Gasteiger charge is 2.16. The highest BCUT2D eigenvalue weighted by molar-refractivity contribution is 6.02. The molecule has 3 rings (SSSR count). The van der Waals surface area contributed by atoms with Crippen LogP contribution in [-0.4, -0.2) is 10.8 Å². The summed E-state index contributed by atoms with van der Waals surface area (Å²) in [7, 11) is 0. The topological polar surface area (TPSA) is 94.6 Å². The van der Waals surface area contributed by atoms with Crippen LogP contribution in [0.1, 0.15) is 16.3 Å². The molecule has 0 fully saturated rings. The van der Waals surface area contributed by atoms with E-state index >= 15 is 0 Å². The van der Waals surface area contributed by atoms with Gasteiger partial charge in [-0.15, -0.1) is 0 Å². The number of ether oxygens (including phenoxy) is 1. The number of hydrogen-bond acceptors (Lipinski definition) is 5. The number of para-hydroxylation sites is 2. The van der Waals surface area contributed by atoms with Crippen molar-refractivity contribution in [2.24, 2.45) is 0 Å². The van der Waals surface area contributed by atoms with Gasteiger partial charge in [0.15, 0.2) is 23.1 Å². The highest BCUT2D eigenvalue weighted by atomic mass is 19.2. The molecule has 1 amide bonds. The van der Waals surface area contributed by atoms with Gasteiger partial charge in [0.05, 0.1) is 4.92 Å². The van der Waals surface area contributed by atoms with Crippen molar-refractivity contribution in [2.45, 2.75) is 6.61 Å². The zero-order valence-corrected chi connectivity index (χ0v) is 13.6. The SMILES string of the molecule is O=C(Nc1ccc(F)c(F)c1)c1ccc(COc2ccccc2[N+](=O)[O-])o1. The average Bonchev–Trinajstić information content (AvgIpc) is 3.12. The molecule has 0 atom stereocenters. The minimum atomic E-state index is -1.09. The van der Waals surface area contributed by atoms with E-state index in [1.54, 1.807) is 6.07 Å². The molecule has 9 heteroatoms. The third-order valence-electron chi connectivity index (χ3n) is 3.49. The van der Waals surface area contributed by atoms with Crippen molar-refractivity contribution in [3.8, 4) is 5.75 Å². The van der Waals surface area contributed by atoms with Gasteiger partial charge in [-0.2, -0.15) is 0 Å². The Kier molecular flexibility index (Phi) is 5.11. The van der Waals surface area contributed by atoms with Crippen LogP contribution in [0.4, 0.5) is 20.2 Å². The molecule has 1 aromatic heterocycles. The Morgan fingerprint density at radius 2 is 1.89 bits per heavy atom. The van der Waals surface area contributed by atoms with Crippen LogP contribution in [-0.2, 0) is 6.61 Å². The molecule has 0 aliphatic rings. The van der Waals surface area contributed by atoms with Gasteiger partial charge in [-0.25, -0.2) is 8.78 Å². The predicted octanol–water partition coefficient (Wildman–Crippen LogP) is 4.30. The molecule has 1 heterocycles. The Balaban J connectivity index is 1.65. The molecule has 0 aliphatic heterocycles. The van der Waals surface area contributed by atoms with E-state index in [1.165, 1.54) is 36.4 Å². The van der Waals surface area contributed by atoms with Gasteiger partial charge >= 0.3 is 5.69 Å². The van der Waals surface area contributed by atoms with Crippen molar-refractivity contribution in [3.05, 3.63) is 87.9 Å². The molecule has 138 valence electrons. The van der Waals surface area contributed by atoms with E-state index in [1.807, 2.05) is 0 Å². The van der Waals surface area contributed by atoms with Gasteiger partial charge in [-0.3, -0.25) is 14.9 Å². The van der Waals surface area contributed by atoms with E-state index in [0.717, 1.165) is 12.1 Å². The van der Waals surface area contributed by atoms with Crippen LogP contribution in [0.3, 0.4) is 0 Å². The van der Waals surface area contributed by atoms with Crippen LogP contribution in [0.15, 0.2) is 59.0 Å². The smallest absolute Gasteiger partial charge is 0.310 e. The molecule has 0 saturated carbocycles. The third kappa shape index (κ3) is 4.27. The summed E-state index contributed by atoms with van der Waals surface area (Å²) < 4.78 is 36.8. The quantitative estimate of drug-likeness (QED) is 0.513. The number of anilines is 1. The van der Waals surface area contributed by atoms with Crippen molar-refractivity contribution in [1.29, 1.82) is 0 Å². The number of furan rings is 1. The maximum atomic E-state index is 13.2. The highest BCUT2D eigenvalue weighted by Crippen LogP contribution is 2.27. The number of hydrogen-bond donors (Lipinski definition) is 1. The van der Waals surface area contributed by atoms with E-state index in [-0.39, 0.29) is 35.3 Å². The van der Waals surface area contributed by atoms with E-state index in [2.05, 4.69) is 5.32 Å². The van der Waals surface area contributed by atoms with E-state index < -0.39 is 22.5 Å². The number of carbonyl (C=O) groups is 1. The van der Waals surface area contributed by atoms with Crippen molar-refractivity contribution in [1.82, 2.24) is 0 Å². The Bertz CT molecular complexity index is 1000. The fourth-order valence-electron chi connectivity index (χ4n) is 2.22. The Hall–Kier alpha value is -3.75. The first-order chi connectivity index (χ1) is 12.9. The first-order valence-corrected chi connectivity index (χ1v) is 7.65. The summed E-state index contributed by atoms with van der Waals surface area (Å²) >= 11 is 0. The molecule has 7 nitrogen and oxygen atoms in total. The second-order valence-corrected chi connectivity index (χ2v) is 5.36. The number of nitrogens with one attached hydrogen (secondary N) is 1. The number of benzene rings is 2. The number of nitro groups is 1. The molecule has 0 aliphatic carbocycles. The van der Waals surface area contributed by atoms with Crippen LogP contribution < -0.4 is 10.1 Å². The number of nitro benzene ring substituents is 1. The minimum Gasteiger partial charge on any atom is -0.479 e. The molecule has 0 spiro atoms. The second kappa shape index (κ2) is 7.65. The second-order valence-electron chi connectivity index (χ2n) is 5.36. The van der Waals surface area contributed by atoms with Crippen LogP contribution in [0.5, 0.6) is 5.75 Å². The predicted molar refractivity (Wildman–Crippen MR) is 90.4 cm³/mol. The molecule has 0 saturated heterocycles. The van der Waals surface area contributed by atoms with E-state index in [9.17, 15) is 23.7 Å². The van der Waals surface area contributed by atoms with Gasteiger partial charge in [-0.1, -0.05) is 12.1 Å². The number of amides is 1. The first-order valence-electron chi connectivity index (χ1n) is 7.65. The van der Waals surface area contributed by atoms with Crippen molar-refractivity contribution < 1.29 is 27.7 Å². The van der Waals surface area contributed by atoms with Crippen molar-refractivity contribution >= 4 is 17.3 Å². The van der Waals surface area contributed by atoms with E-state index in [4.69, 9.17) is 9.15 Å². The van der Waals surface area contributed by atoms with Crippen LogP contribution >= 0.6 is 0 Å². The molecule has 27 heavy (non-hydrogen) atoms. The monoisotopic (exact) mass is 374 g/mol. The van der Waals surface area contributed by atoms with Gasteiger partial charge in [0.25, 0.3) is 5.91 Å². The van der Waals surface area contributed by atoms with Gasteiger partial charge in [-0.05, 0) is 30.3 Å². The molecule has 0 unspecified atom stereocenters. The van der Waals surface area contributed by atoms with Gasteiger partial charge in [0, 0.05) is 17.8 Å². The van der Waals surface area contributed by atoms with Crippen molar-refractivity contribution in [2.75, 3.05) is 5.32 Å². The summed E-state index contributed by atoms with van der Waals surface area (Å²) in [5.74, 6) is -2.56. The maximum absolute atomic E-state index is 13.2. The van der Waals surface area contributed by atoms with Crippen LogP contribution in [0.25, 0.3) is 0 Å². The molecule has 2 aromatic carbocycles. The van der Waals surface area contributed by atoms with Gasteiger partial charge < -0.3 is 14.5 Å². The van der Waals surface area contributed by atoms with Gasteiger partial charge in [0.2, 0.25) is 0 Å². The summed E-state index contributed by atoms with van der Waals surface area (Å²) in [5, 5.41) is 13.3. The number of nitrogens with zero attached hydrogens (tertiary/aromatic N) is 1. The fraction of sp³-hybridized carbons (Fsp3) is 0.0556. The summed E-state index contributed by atoms with van der Waals surface area (Å²) in [4.78, 5) is 22.5. The van der Waals surface area contributed by atoms with Crippen LogP contribution in [0.2, 0.25) is 0 Å². The zero-order chi connectivity index (χ0) is 19.4. The Morgan fingerprint density at radius 3 is 2.63 bits per heavy atom. The van der Waals surface area contributed by atoms with E-state index in [0.29, 0.717) is 0 Å². The standard InChI is InChI=1S/C18H12F2N2O5/c19-13-7-5-11(9-14(13)20)21-18(23)17-8-6-12(27-17)10-26-16-4-2-1-3-15(16)22(24)25/h1-9H,10H2,(H,21,23). The molecule has 1 N–H and O–H groups in total. The zero-order valence-electron chi connectivity index (χ0n) is 13.6. The Labute approximate surface area is 151 Å². The lowest BCUT2D eigenvalue weighted by molar-refractivity contribution is -0.386. The Morgan fingerprint density at radius 1 is 1.11 bits per heavy atom. The first kappa shape index (κ1) is 18.1. The van der Waals surface area contributed by atoms with Gasteiger partial charge in [0.1, 0.15) is 12.4 Å². The van der Waals surface area contributed by atoms with Crippen molar-refractivity contribution in [3.63, 3.8) is 0 Å². The van der Waals surface area contributed by atoms with Crippen LogP contribution in [0, 0.1) is 21.7 Å². The lowest BCUT2D eigenvalue weighted by Crippen LogP contribution is -2.11. The summed E-state index contributed by atoms with van der Waals surface area (Å²) in [6, 6.07) is 11.6. The molecule has 3 aromatic rings. The molecule has 0 bridgehead atoms. The third-order valence-corrected chi connectivity index (χ3v) is 3.49.